The molecule has 3 nitrogen and oxygen atoms in total. The van der Waals surface area contributed by atoms with Crippen LogP contribution >= 0.6 is 11.6 Å². The summed E-state index contributed by atoms with van der Waals surface area (Å²) in [7, 11) is 0. The van der Waals surface area contributed by atoms with Crippen molar-refractivity contribution in [3.05, 3.63) is 58.4 Å². The molecule has 0 aliphatic rings. The van der Waals surface area contributed by atoms with Gasteiger partial charge in [-0.05, 0) is 17.7 Å². The van der Waals surface area contributed by atoms with Crippen molar-refractivity contribution in [2.45, 2.75) is 32.9 Å². The number of nitrogens with one attached hydrogen (secondary N) is 1. The molecule has 1 N–H and O–H groups in total. The standard InChI is InChI=1S/C15H17ClFN3/c1-10(2)19-9-12-6-7-18-14(20-12)8-11-4-3-5-13(16)15(11)17/h3-7,10,19H,8-9H2,1-2H3. The second kappa shape index (κ2) is 6.77. The van der Waals surface area contributed by atoms with E-state index in [9.17, 15) is 4.39 Å². The lowest BCUT2D eigenvalue weighted by Crippen LogP contribution is -2.22. The maximum Gasteiger partial charge on any atom is 0.145 e. The number of benzene rings is 1. The van der Waals surface area contributed by atoms with Gasteiger partial charge in [-0.3, -0.25) is 0 Å². The summed E-state index contributed by atoms with van der Waals surface area (Å²) in [5.41, 5.74) is 1.40. The van der Waals surface area contributed by atoms with Crippen LogP contribution in [-0.4, -0.2) is 16.0 Å². The Morgan fingerprint density at radius 3 is 2.85 bits per heavy atom. The van der Waals surface area contributed by atoms with E-state index in [1.165, 1.54) is 6.07 Å². The van der Waals surface area contributed by atoms with E-state index in [1.54, 1.807) is 18.3 Å². The van der Waals surface area contributed by atoms with E-state index in [0.29, 0.717) is 30.4 Å². The van der Waals surface area contributed by atoms with Crippen molar-refractivity contribution in [3.8, 4) is 0 Å². The molecule has 0 aliphatic carbocycles. The van der Waals surface area contributed by atoms with Crippen molar-refractivity contribution in [1.29, 1.82) is 0 Å². The molecule has 5 heteroatoms. The van der Waals surface area contributed by atoms with Crippen LogP contribution in [0.4, 0.5) is 4.39 Å². The minimum atomic E-state index is -0.400. The molecule has 0 radical (unpaired) electrons. The lowest BCUT2D eigenvalue weighted by atomic mass is 10.1. The number of rotatable bonds is 5. The summed E-state index contributed by atoms with van der Waals surface area (Å²) in [5, 5.41) is 3.41. The van der Waals surface area contributed by atoms with Gasteiger partial charge in [-0.2, -0.15) is 0 Å². The molecule has 0 fully saturated rings. The monoisotopic (exact) mass is 293 g/mol. The van der Waals surface area contributed by atoms with Gasteiger partial charge in [-0.1, -0.05) is 37.6 Å². The summed E-state index contributed by atoms with van der Waals surface area (Å²) < 4.78 is 13.8. The number of hydrogen-bond donors (Lipinski definition) is 1. The van der Waals surface area contributed by atoms with Crippen LogP contribution < -0.4 is 5.32 Å². The lowest BCUT2D eigenvalue weighted by molar-refractivity contribution is 0.578. The van der Waals surface area contributed by atoms with Gasteiger partial charge in [-0.25, -0.2) is 14.4 Å². The summed E-state index contributed by atoms with van der Waals surface area (Å²) in [6.07, 6.45) is 2.03. The molecule has 0 amide bonds. The fraction of sp³-hybridized carbons (Fsp3) is 0.333. The molecular formula is C15H17ClFN3. The Labute approximate surface area is 123 Å². The van der Waals surface area contributed by atoms with Crippen molar-refractivity contribution >= 4 is 11.6 Å². The van der Waals surface area contributed by atoms with Gasteiger partial charge < -0.3 is 5.32 Å². The molecule has 2 aromatic rings. The Hall–Kier alpha value is -1.52. The Morgan fingerprint density at radius 1 is 1.30 bits per heavy atom. The maximum absolute atomic E-state index is 13.8. The van der Waals surface area contributed by atoms with E-state index in [-0.39, 0.29) is 5.02 Å². The molecule has 0 saturated carbocycles. The van der Waals surface area contributed by atoms with Gasteiger partial charge in [0.1, 0.15) is 11.6 Å². The quantitative estimate of drug-likeness (QED) is 0.918. The van der Waals surface area contributed by atoms with E-state index in [2.05, 4.69) is 29.1 Å². The molecule has 106 valence electrons. The lowest BCUT2D eigenvalue weighted by Gasteiger charge is -2.08. The predicted molar refractivity (Wildman–Crippen MR) is 78.2 cm³/mol. The molecule has 0 unspecified atom stereocenters. The molecule has 0 spiro atoms. The Kier molecular flexibility index (Phi) is 5.04. The van der Waals surface area contributed by atoms with Crippen LogP contribution in [-0.2, 0) is 13.0 Å². The van der Waals surface area contributed by atoms with Gasteiger partial charge in [0.2, 0.25) is 0 Å². The van der Waals surface area contributed by atoms with Crippen LogP contribution in [0.2, 0.25) is 5.02 Å². The zero-order chi connectivity index (χ0) is 14.5. The van der Waals surface area contributed by atoms with Crippen molar-refractivity contribution in [2.75, 3.05) is 0 Å². The molecule has 1 heterocycles. The molecule has 1 aromatic heterocycles. The molecule has 0 atom stereocenters. The van der Waals surface area contributed by atoms with E-state index in [1.807, 2.05) is 6.07 Å². The number of nitrogens with zero attached hydrogens (tertiary/aromatic N) is 2. The second-order valence-electron chi connectivity index (χ2n) is 4.89. The van der Waals surface area contributed by atoms with E-state index < -0.39 is 5.82 Å². The molecule has 0 saturated heterocycles. The Bertz CT molecular complexity index is 587. The number of halogens is 2. The summed E-state index contributed by atoms with van der Waals surface area (Å²) in [6, 6.07) is 7.20. The molecule has 0 bridgehead atoms. The number of hydrogen-bond acceptors (Lipinski definition) is 3. The largest absolute Gasteiger partial charge is 0.309 e. The Morgan fingerprint density at radius 2 is 2.10 bits per heavy atom. The first-order valence-electron chi connectivity index (χ1n) is 6.53. The summed E-state index contributed by atoms with van der Waals surface area (Å²) >= 11 is 5.77. The first-order valence-corrected chi connectivity index (χ1v) is 6.91. The highest BCUT2D eigenvalue weighted by atomic mass is 35.5. The fourth-order valence-corrected chi connectivity index (χ4v) is 1.98. The third kappa shape index (κ3) is 3.99. The first-order chi connectivity index (χ1) is 9.56. The molecular weight excluding hydrogens is 277 g/mol. The normalized spacial score (nSPS) is 11.1. The smallest absolute Gasteiger partial charge is 0.145 e. The zero-order valence-corrected chi connectivity index (χ0v) is 12.3. The average molecular weight is 294 g/mol. The second-order valence-corrected chi connectivity index (χ2v) is 5.30. The van der Waals surface area contributed by atoms with Crippen LogP contribution in [0.25, 0.3) is 0 Å². The zero-order valence-electron chi connectivity index (χ0n) is 11.5. The van der Waals surface area contributed by atoms with Crippen molar-refractivity contribution in [3.63, 3.8) is 0 Å². The van der Waals surface area contributed by atoms with Crippen molar-refractivity contribution in [2.24, 2.45) is 0 Å². The van der Waals surface area contributed by atoms with Gasteiger partial charge >= 0.3 is 0 Å². The highest BCUT2D eigenvalue weighted by molar-refractivity contribution is 6.30. The van der Waals surface area contributed by atoms with Crippen LogP contribution in [0.15, 0.2) is 30.5 Å². The van der Waals surface area contributed by atoms with Gasteiger partial charge in [-0.15, -0.1) is 0 Å². The topological polar surface area (TPSA) is 37.8 Å². The Balaban J connectivity index is 2.13. The predicted octanol–water partition coefficient (Wildman–Crippen LogP) is 3.36. The van der Waals surface area contributed by atoms with E-state index >= 15 is 0 Å². The SMILES string of the molecule is CC(C)NCc1ccnc(Cc2cccc(Cl)c2F)n1. The minimum Gasteiger partial charge on any atom is -0.309 e. The fourth-order valence-electron chi connectivity index (χ4n) is 1.79. The average Bonchev–Trinajstić information content (AvgIpc) is 2.42. The summed E-state index contributed by atoms with van der Waals surface area (Å²) in [4.78, 5) is 8.61. The highest BCUT2D eigenvalue weighted by Gasteiger charge is 2.09. The van der Waals surface area contributed by atoms with Crippen LogP contribution in [0.1, 0.15) is 30.9 Å². The maximum atomic E-state index is 13.8. The number of aromatic nitrogens is 2. The van der Waals surface area contributed by atoms with Crippen molar-refractivity contribution < 1.29 is 4.39 Å². The van der Waals surface area contributed by atoms with Gasteiger partial charge in [0.05, 0.1) is 10.7 Å². The minimum absolute atomic E-state index is 0.125. The van der Waals surface area contributed by atoms with Crippen LogP contribution in [0.5, 0.6) is 0 Å². The highest BCUT2D eigenvalue weighted by Crippen LogP contribution is 2.19. The third-order valence-corrected chi connectivity index (χ3v) is 3.13. The van der Waals surface area contributed by atoms with Gasteiger partial charge in [0.15, 0.2) is 0 Å². The van der Waals surface area contributed by atoms with Gasteiger partial charge in [0, 0.05) is 25.2 Å². The first kappa shape index (κ1) is 14.9. The molecule has 20 heavy (non-hydrogen) atoms. The molecule has 1 aromatic carbocycles. The van der Waals surface area contributed by atoms with Gasteiger partial charge in [0.25, 0.3) is 0 Å². The third-order valence-electron chi connectivity index (χ3n) is 2.83. The van der Waals surface area contributed by atoms with Crippen molar-refractivity contribution in [1.82, 2.24) is 15.3 Å². The van der Waals surface area contributed by atoms with Crippen LogP contribution in [0, 0.1) is 5.82 Å². The van der Waals surface area contributed by atoms with E-state index in [0.717, 1.165) is 5.69 Å². The molecule has 2 rings (SSSR count). The summed E-state index contributed by atoms with van der Waals surface area (Å²) in [6.45, 7) is 4.82. The van der Waals surface area contributed by atoms with E-state index in [4.69, 9.17) is 11.6 Å². The van der Waals surface area contributed by atoms with Crippen LogP contribution in [0.3, 0.4) is 0 Å². The summed E-state index contributed by atoms with van der Waals surface area (Å²) in [5.74, 6) is 0.192. The molecule has 0 aliphatic heterocycles.